The smallest absolute Gasteiger partial charge is 0.372 e. The number of alkyl halides is 3. The zero-order chi connectivity index (χ0) is 13.6. The molecule has 1 unspecified atom stereocenters. The number of ether oxygens (including phenoxy) is 1. The van der Waals surface area contributed by atoms with Gasteiger partial charge in [0.05, 0.1) is 0 Å². The molecule has 0 aliphatic carbocycles. The standard InChI is InChI=1S/C12H19F3N2O/c1-10(16)8-11-4-2-5-17(11)6-3-7-18-9-12(13,14)15/h2,4-5,10H,3,6-9,16H2,1H3. The molecule has 1 heterocycles. The maximum Gasteiger partial charge on any atom is 0.411 e. The molecule has 1 aromatic heterocycles. The maximum absolute atomic E-state index is 11.8. The van der Waals surface area contributed by atoms with E-state index in [0.29, 0.717) is 13.0 Å². The predicted molar refractivity (Wildman–Crippen MR) is 63.3 cm³/mol. The molecule has 0 spiro atoms. The number of hydrogen-bond acceptors (Lipinski definition) is 2. The van der Waals surface area contributed by atoms with E-state index < -0.39 is 12.8 Å². The average molecular weight is 264 g/mol. The van der Waals surface area contributed by atoms with Crippen molar-refractivity contribution < 1.29 is 17.9 Å². The van der Waals surface area contributed by atoms with Crippen molar-refractivity contribution in [3.8, 4) is 0 Å². The van der Waals surface area contributed by atoms with Crippen molar-refractivity contribution in [2.75, 3.05) is 13.2 Å². The summed E-state index contributed by atoms with van der Waals surface area (Å²) in [5.41, 5.74) is 6.81. The molecule has 1 aromatic rings. The maximum atomic E-state index is 11.8. The van der Waals surface area contributed by atoms with Crippen molar-refractivity contribution >= 4 is 0 Å². The zero-order valence-corrected chi connectivity index (χ0v) is 10.4. The number of hydrogen-bond donors (Lipinski definition) is 1. The van der Waals surface area contributed by atoms with Crippen LogP contribution < -0.4 is 5.73 Å². The van der Waals surface area contributed by atoms with Gasteiger partial charge < -0.3 is 15.0 Å². The first-order valence-corrected chi connectivity index (χ1v) is 5.92. The van der Waals surface area contributed by atoms with Gasteiger partial charge in [-0.1, -0.05) is 0 Å². The Labute approximate surface area is 105 Å². The fraction of sp³-hybridized carbons (Fsp3) is 0.667. The largest absolute Gasteiger partial charge is 0.411 e. The third-order valence-corrected chi connectivity index (χ3v) is 2.41. The van der Waals surface area contributed by atoms with Crippen LogP contribution in [0, 0.1) is 0 Å². The van der Waals surface area contributed by atoms with E-state index in [-0.39, 0.29) is 12.6 Å². The van der Waals surface area contributed by atoms with Gasteiger partial charge in [0.15, 0.2) is 0 Å². The van der Waals surface area contributed by atoms with Gasteiger partial charge >= 0.3 is 6.18 Å². The van der Waals surface area contributed by atoms with E-state index in [1.54, 1.807) is 0 Å². The summed E-state index contributed by atoms with van der Waals surface area (Å²) in [5, 5.41) is 0. The molecule has 18 heavy (non-hydrogen) atoms. The molecule has 0 aromatic carbocycles. The lowest BCUT2D eigenvalue weighted by Gasteiger charge is -2.12. The summed E-state index contributed by atoms with van der Waals surface area (Å²) in [4.78, 5) is 0. The Kier molecular flexibility index (Phi) is 5.68. The van der Waals surface area contributed by atoms with Gasteiger partial charge in [0.2, 0.25) is 0 Å². The van der Waals surface area contributed by atoms with Crippen LogP contribution in [0.3, 0.4) is 0 Å². The third kappa shape index (κ3) is 6.07. The zero-order valence-electron chi connectivity index (χ0n) is 10.4. The minimum absolute atomic E-state index is 0.0696. The summed E-state index contributed by atoms with van der Waals surface area (Å²) in [6, 6.07) is 3.95. The summed E-state index contributed by atoms with van der Waals surface area (Å²) in [7, 11) is 0. The molecular weight excluding hydrogens is 245 g/mol. The lowest BCUT2D eigenvalue weighted by Crippen LogP contribution is -2.20. The molecule has 6 heteroatoms. The average Bonchev–Trinajstić information content (AvgIpc) is 2.62. The minimum Gasteiger partial charge on any atom is -0.372 e. The molecule has 0 saturated carbocycles. The van der Waals surface area contributed by atoms with Gasteiger partial charge in [-0.25, -0.2) is 0 Å². The van der Waals surface area contributed by atoms with E-state index in [9.17, 15) is 13.2 Å². The van der Waals surface area contributed by atoms with Crippen molar-refractivity contribution in [2.45, 2.75) is 38.5 Å². The van der Waals surface area contributed by atoms with Crippen molar-refractivity contribution in [3.05, 3.63) is 24.0 Å². The van der Waals surface area contributed by atoms with Crippen LogP contribution >= 0.6 is 0 Å². The number of rotatable bonds is 7. The van der Waals surface area contributed by atoms with Crippen LogP contribution in [0.2, 0.25) is 0 Å². The second kappa shape index (κ2) is 6.80. The van der Waals surface area contributed by atoms with Gasteiger partial charge in [0.25, 0.3) is 0 Å². The summed E-state index contributed by atoms with van der Waals surface area (Å²) in [5.74, 6) is 0. The summed E-state index contributed by atoms with van der Waals surface area (Å²) in [6.07, 6.45) is -1.03. The third-order valence-electron chi connectivity index (χ3n) is 2.41. The van der Waals surface area contributed by atoms with Crippen molar-refractivity contribution in [3.63, 3.8) is 0 Å². The molecule has 0 radical (unpaired) electrons. The van der Waals surface area contributed by atoms with Crippen LogP contribution in [0.15, 0.2) is 18.3 Å². The first-order valence-electron chi connectivity index (χ1n) is 5.92. The van der Waals surface area contributed by atoms with E-state index in [4.69, 9.17) is 5.73 Å². The Balaban J connectivity index is 2.25. The van der Waals surface area contributed by atoms with Gasteiger partial charge in [-0.15, -0.1) is 0 Å². The van der Waals surface area contributed by atoms with Crippen LogP contribution in [-0.4, -0.2) is 30.0 Å². The fourth-order valence-corrected chi connectivity index (χ4v) is 1.71. The monoisotopic (exact) mass is 264 g/mol. The van der Waals surface area contributed by atoms with Gasteiger partial charge in [0, 0.05) is 37.5 Å². The van der Waals surface area contributed by atoms with E-state index in [1.165, 1.54) is 0 Å². The molecule has 0 saturated heterocycles. The quantitative estimate of drug-likeness (QED) is 0.768. The Hall–Kier alpha value is -1.01. The number of aromatic nitrogens is 1. The van der Waals surface area contributed by atoms with Gasteiger partial charge in [-0.2, -0.15) is 13.2 Å². The molecule has 104 valence electrons. The summed E-state index contributed by atoms with van der Waals surface area (Å²) in [6.45, 7) is 1.50. The van der Waals surface area contributed by atoms with E-state index in [1.807, 2.05) is 29.8 Å². The van der Waals surface area contributed by atoms with Crippen LogP contribution in [0.25, 0.3) is 0 Å². The van der Waals surface area contributed by atoms with Crippen LogP contribution in [-0.2, 0) is 17.7 Å². The minimum atomic E-state index is -4.24. The molecular formula is C12H19F3N2O. The second-order valence-electron chi connectivity index (χ2n) is 4.40. The Morgan fingerprint density at radius 1 is 1.44 bits per heavy atom. The first-order chi connectivity index (χ1) is 8.38. The predicted octanol–water partition coefficient (Wildman–Crippen LogP) is 2.35. The topological polar surface area (TPSA) is 40.2 Å². The van der Waals surface area contributed by atoms with Crippen LogP contribution in [0.4, 0.5) is 13.2 Å². The molecule has 0 aliphatic rings. The highest BCUT2D eigenvalue weighted by molar-refractivity contribution is 5.08. The Morgan fingerprint density at radius 3 is 2.78 bits per heavy atom. The molecule has 0 amide bonds. The summed E-state index contributed by atoms with van der Waals surface area (Å²) < 4.78 is 42.0. The first kappa shape index (κ1) is 15.0. The molecule has 0 aliphatic heterocycles. The van der Waals surface area contributed by atoms with E-state index in [0.717, 1.165) is 12.1 Å². The van der Waals surface area contributed by atoms with Crippen molar-refractivity contribution in [2.24, 2.45) is 5.73 Å². The highest BCUT2D eigenvalue weighted by atomic mass is 19.4. The Morgan fingerprint density at radius 2 is 2.17 bits per heavy atom. The number of aryl methyl sites for hydroxylation is 1. The molecule has 1 atom stereocenters. The van der Waals surface area contributed by atoms with E-state index in [2.05, 4.69) is 4.74 Å². The number of nitrogens with zero attached hydrogens (tertiary/aromatic N) is 1. The normalized spacial score (nSPS) is 13.8. The summed E-state index contributed by atoms with van der Waals surface area (Å²) >= 11 is 0. The second-order valence-corrected chi connectivity index (χ2v) is 4.40. The SMILES string of the molecule is CC(N)Cc1cccn1CCCOCC(F)(F)F. The highest BCUT2D eigenvalue weighted by Gasteiger charge is 2.27. The number of halogens is 3. The highest BCUT2D eigenvalue weighted by Crippen LogP contribution is 2.14. The Bertz CT molecular complexity index is 347. The molecule has 0 bridgehead atoms. The van der Waals surface area contributed by atoms with Crippen molar-refractivity contribution in [1.29, 1.82) is 0 Å². The van der Waals surface area contributed by atoms with Crippen LogP contribution in [0.1, 0.15) is 19.0 Å². The number of nitrogens with two attached hydrogens (primary N) is 1. The van der Waals surface area contributed by atoms with Gasteiger partial charge in [0.1, 0.15) is 6.61 Å². The molecule has 3 nitrogen and oxygen atoms in total. The molecule has 0 fully saturated rings. The van der Waals surface area contributed by atoms with E-state index >= 15 is 0 Å². The van der Waals surface area contributed by atoms with Gasteiger partial charge in [-0.3, -0.25) is 0 Å². The van der Waals surface area contributed by atoms with Gasteiger partial charge in [-0.05, 0) is 25.5 Å². The van der Waals surface area contributed by atoms with Crippen molar-refractivity contribution in [1.82, 2.24) is 4.57 Å². The fourth-order valence-electron chi connectivity index (χ4n) is 1.71. The van der Waals surface area contributed by atoms with Crippen LogP contribution in [0.5, 0.6) is 0 Å². The lowest BCUT2D eigenvalue weighted by atomic mass is 10.2. The lowest BCUT2D eigenvalue weighted by molar-refractivity contribution is -0.174. The molecule has 1 rings (SSSR count). The molecule has 2 N–H and O–H groups in total.